The standard InChI is InChI=1S/C14H17BrO3S/c15-10-5-6-12(14(16)17)13(9-10)19-8-2-4-11-3-1-7-18-11/h5-6,9,11H,1-4,7-8H2,(H,16,17). The molecule has 2 rings (SSSR count). The van der Waals surface area contributed by atoms with Crippen LogP contribution in [0, 0.1) is 0 Å². The van der Waals surface area contributed by atoms with Gasteiger partial charge in [0.15, 0.2) is 0 Å². The van der Waals surface area contributed by atoms with Gasteiger partial charge in [0.2, 0.25) is 0 Å². The molecule has 1 aromatic carbocycles. The average Bonchev–Trinajstić information content (AvgIpc) is 2.87. The van der Waals surface area contributed by atoms with E-state index in [9.17, 15) is 4.79 Å². The van der Waals surface area contributed by atoms with Crippen molar-refractivity contribution in [1.29, 1.82) is 0 Å². The highest BCUT2D eigenvalue weighted by Gasteiger charge is 2.15. The Kier molecular flexibility index (Phi) is 5.73. The predicted molar refractivity (Wildman–Crippen MR) is 80.0 cm³/mol. The van der Waals surface area contributed by atoms with Crippen molar-refractivity contribution in [3.05, 3.63) is 28.2 Å². The minimum atomic E-state index is -0.867. The van der Waals surface area contributed by atoms with Crippen molar-refractivity contribution in [2.45, 2.75) is 36.7 Å². The molecule has 0 radical (unpaired) electrons. The molecule has 0 saturated carbocycles. The average molecular weight is 345 g/mol. The lowest BCUT2D eigenvalue weighted by Gasteiger charge is -2.09. The molecule has 1 aliphatic heterocycles. The maximum absolute atomic E-state index is 11.1. The third kappa shape index (κ3) is 4.51. The molecule has 0 aliphatic carbocycles. The monoisotopic (exact) mass is 344 g/mol. The fourth-order valence-electron chi connectivity index (χ4n) is 2.16. The van der Waals surface area contributed by atoms with Gasteiger partial charge < -0.3 is 9.84 Å². The molecule has 104 valence electrons. The second-order valence-corrected chi connectivity index (χ2v) is 6.62. The van der Waals surface area contributed by atoms with Gasteiger partial charge in [0.1, 0.15) is 0 Å². The summed E-state index contributed by atoms with van der Waals surface area (Å²) >= 11 is 4.99. The molecule has 1 aromatic rings. The molecule has 1 aliphatic rings. The smallest absolute Gasteiger partial charge is 0.336 e. The first kappa shape index (κ1) is 14.9. The van der Waals surface area contributed by atoms with E-state index < -0.39 is 5.97 Å². The van der Waals surface area contributed by atoms with E-state index in [-0.39, 0.29) is 0 Å². The number of carbonyl (C=O) groups is 1. The summed E-state index contributed by atoms with van der Waals surface area (Å²) in [6.07, 6.45) is 4.89. The highest BCUT2D eigenvalue weighted by atomic mass is 79.9. The van der Waals surface area contributed by atoms with Gasteiger partial charge in [-0.2, -0.15) is 0 Å². The van der Waals surface area contributed by atoms with Gasteiger partial charge in [-0.25, -0.2) is 4.79 Å². The number of thioether (sulfide) groups is 1. The maximum atomic E-state index is 11.1. The van der Waals surface area contributed by atoms with Crippen molar-refractivity contribution in [3.63, 3.8) is 0 Å². The second-order valence-electron chi connectivity index (χ2n) is 4.57. The van der Waals surface area contributed by atoms with E-state index in [0.717, 1.165) is 34.6 Å². The molecule has 0 aromatic heterocycles. The Morgan fingerprint density at radius 1 is 1.53 bits per heavy atom. The van der Waals surface area contributed by atoms with Crippen LogP contribution in [0.5, 0.6) is 0 Å². The quantitative estimate of drug-likeness (QED) is 0.620. The first-order valence-electron chi connectivity index (χ1n) is 6.44. The van der Waals surface area contributed by atoms with Crippen LogP contribution in [0.1, 0.15) is 36.0 Å². The van der Waals surface area contributed by atoms with E-state index in [1.54, 1.807) is 23.9 Å². The van der Waals surface area contributed by atoms with E-state index in [4.69, 9.17) is 9.84 Å². The Bertz CT molecular complexity index is 444. The van der Waals surface area contributed by atoms with Crippen LogP contribution in [0.25, 0.3) is 0 Å². The molecule has 0 amide bonds. The fourth-order valence-corrected chi connectivity index (χ4v) is 3.72. The van der Waals surface area contributed by atoms with Gasteiger partial charge in [0, 0.05) is 16.0 Å². The number of hydrogen-bond acceptors (Lipinski definition) is 3. The molecular formula is C14H17BrO3S. The van der Waals surface area contributed by atoms with Crippen molar-refractivity contribution in [1.82, 2.24) is 0 Å². The second kappa shape index (κ2) is 7.31. The summed E-state index contributed by atoms with van der Waals surface area (Å²) < 4.78 is 6.49. The zero-order valence-electron chi connectivity index (χ0n) is 10.6. The lowest BCUT2D eigenvalue weighted by Crippen LogP contribution is -2.05. The van der Waals surface area contributed by atoms with Crippen LogP contribution in [0.3, 0.4) is 0 Å². The Balaban J connectivity index is 1.84. The SMILES string of the molecule is O=C(O)c1ccc(Br)cc1SCCCC1CCCO1. The van der Waals surface area contributed by atoms with Gasteiger partial charge in [0.25, 0.3) is 0 Å². The maximum Gasteiger partial charge on any atom is 0.336 e. The molecule has 3 nitrogen and oxygen atoms in total. The van der Waals surface area contributed by atoms with Crippen molar-refractivity contribution in [3.8, 4) is 0 Å². The van der Waals surface area contributed by atoms with E-state index >= 15 is 0 Å². The molecule has 1 heterocycles. The summed E-state index contributed by atoms with van der Waals surface area (Å²) in [4.78, 5) is 12.0. The summed E-state index contributed by atoms with van der Waals surface area (Å²) in [7, 11) is 0. The minimum Gasteiger partial charge on any atom is -0.478 e. The third-order valence-electron chi connectivity index (χ3n) is 3.13. The Labute approximate surface area is 125 Å². The van der Waals surface area contributed by atoms with Gasteiger partial charge in [-0.1, -0.05) is 15.9 Å². The highest BCUT2D eigenvalue weighted by molar-refractivity contribution is 9.10. The Morgan fingerprint density at radius 3 is 3.05 bits per heavy atom. The topological polar surface area (TPSA) is 46.5 Å². The molecule has 1 unspecified atom stereocenters. The lowest BCUT2D eigenvalue weighted by molar-refractivity contribution is 0.0693. The van der Waals surface area contributed by atoms with Crippen molar-refractivity contribution in [2.24, 2.45) is 0 Å². The van der Waals surface area contributed by atoms with Gasteiger partial charge in [0.05, 0.1) is 11.7 Å². The van der Waals surface area contributed by atoms with E-state index in [1.165, 1.54) is 12.8 Å². The number of aromatic carboxylic acids is 1. The molecule has 0 spiro atoms. The van der Waals surface area contributed by atoms with Gasteiger partial charge in [-0.05, 0) is 49.6 Å². The molecule has 19 heavy (non-hydrogen) atoms. The molecule has 0 bridgehead atoms. The van der Waals surface area contributed by atoms with Crippen LogP contribution in [0.2, 0.25) is 0 Å². The molecule has 1 saturated heterocycles. The molecular weight excluding hydrogens is 328 g/mol. The van der Waals surface area contributed by atoms with Crippen molar-refractivity contribution < 1.29 is 14.6 Å². The van der Waals surface area contributed by atoms with Crippen LogP contribution in [-0.4, -0.2) is 29.5 Å². The number of hydrogen-bond donors (Lipinski definition) is 1. The van der Waals surface area contributed by atoms with Crippen LogP contribution in [0.4, 0.5) is 0 Å². The normalized spacial score (nSPS) is 18.7. The van der Waals surface area contributed by atoms with Gasteiger partial charge in [-0.3, -0.25) is 0 Å². The summed E-state index contributed by atoms with van der Waals surface area (Å²) in [6.45, 7) is 0.895. The predicted octanol–water partition coefficient (Wildman–Crippen LogP) is 4.20. The molecule has 1 fully saturated rings. The summed E-state index contributed by atoms with van der Waals surface area (Å²) in [6, 6.07) is 5.29. The number of halogens is 1. The number of carboxylic acids is 1. The number of ether oxygens (including phenoxy) is 1. The molecule has 1 N–H and O–H groups in total. The Morgan fingerprint density at radius 2 is 2.37 bits per heavy atom. The Hall–Kier alpha value is -0.520. The van der Waals surface area contributed by atoms with Crippen molar-refractivity contribution >= 4 is 33.7 Å². The van der Waals surface area contributed by atoms with Crippen LogP contribution in [-0.2, 0) is 4.74 Å². The number of rotatable bonds is 6. The zero-order chi connectivity index (χ0) is 13.7. The number of benzene rings is 1. The zero-order valence-corrected chi connectivity index (χ0v) is 13.0. The first-order chi connectivity index (χ1) is 9.16. The largest absolute Gasteiger partial charge is 0.478 e. The summed E-state index contributed by atoms with van der Waals surface area (Å²) in [5.74, 6) is 0.0606. The lowest BCUT2D eigenvalue weighted by atomic mass is 10.1. The van der Waals surface area contributed by atoms with Gasteiger partial charge in [-0.15, -0.1) is 11.8 Å². The fraction of sp³-hybridized carbons (Fsp3) is 0.500. The van der Waals surface area contributed by atoms with E-state index in [1.807, 2.05) is 6.07 Å². The van der Waals surface area contributed by atoms with Crippen LogP contribution in [0.15, 0.2) is 27.6 Å². The highest BCUT2D eigenvalue weighted by Crippen LogP contribution is 2.28. The van der Waals surface area contributed by atoms with E-state index in [2.05, 4.69) is 15.9 Å². The van der Waals surface area contributed by atoms with Crippen LogP contribution >= 0.6 is 27.7 Å². The summed E-state index contributed by atoms with van der Waals surface area (Å²) in [5, 5.41) is 9.14. The summed E-state index contributed by atoms with van der Waals surface area (Å²) in [5.41, 5.74) is 0.380. The number of carboxylic acid groups (broad SMARTS) is 1. The third-order valence-corrected chi connectivity index (χ3v) is 4.76. The molecule has 1 atom stereocenters. The van der Waals surface area contributed by atoms with Crippen molar-refractivity contribution in [2.75, 3.05) is 12.4 Å². The van der Waals surface area contributed by atoms with Crippen LogP contribution < -0.4 is 0 Å². The molecule has 5 heteroatoms. The van der Waals surface area contributed by atoms with E-state index in [0.29, 0.717) is 11.7 Å². The minimum absolute atomic E-state index is 0.380. The van der Waals surface area contributed by atoms with Gasteiger partial charge >= 0.3 is 5.97 Å². The first-order valence-corrected chi connectivity index (χ1v) is 8.22.